The van der Waals surface area contributed by atoms with Crippen LogP contribution in [0.4, 0.5) is 0 Å². The van der Waals surface area contributed by atoms with Crippen LogP contribution in [0, 0.1) is 0 Å². The molecule has 0 amide bonds. The summed E-state index contributed by atoms with van der Waals surface area (Å²) >= 11 is 0. The number of benzene rings is 2. The fraction of sp³-hybridized carbons (Fsp3) is 0.286. The molecule has 1 saturated heterocycles. The van der Waals surface area contributed by atoms with Crippen LogP contribution in [-0.2, 0) is 9.31 Å². The highest BCUT2D eigenvalue weighted by Crippen LogP contribution is 2.36. The van der Waals surface area contributed by atoms with Gasteiger partial charge in [0.1, 0.15) is 0 Å². The maximum absolute atomic E-state index is 13.2. The van der Waals surface area contributed by atoms with E-state index < -0.39 is 18.3 Å². The zero-order chi connectivity index (χ0) is 19.8. The van der Waals surface area contributed by atoms with E-state index in [1.54, 1.807) is 36.4 Å². The highest BCUT2D eigenvalue weighted by Gasteiger charge is 2.51. The van der Waals surface area contributed by atoms with Crippen molar-refractivity contribution in [2.45, 2.75) is 38.9 Å². The highest BCUT2D eigenvalue weighted by atomic mass is 16.7. The molecule has 2 aromatic carbocycles. The maximum atomic E-state index is 13.2. The monoisotopic (exact) mass is 374 g/mol. The van der Waals surface area contributed by atoms with E-state index in [-0.39, 0.29) is 17.2 Å². The molecule has 0 saturated carbocycles. The van der Waals surface area contributed by atoms with Crippen molar-refractivity contribution >= 4 is 29.3 Å². The minimum atomic E-state index is -0.569. The summed E-state index contributed by atoms with van der Waals surface area (Å²) in [4.78, 5) is 30.3. The Kier molecular flexibility index (Phi) is 3.34. The minimum absolute atomic E-state index is 0.155. The molecule has 0 unspecified atom stereocenters. The quantitative estimate of drug-likeness (QED) is 0.478. The van der Waals surface area contributed by atoms with Crippen molar-refractivity contribution in [1.82, 2.24) is 9.55 Å². The van der Waals surface area contributed by atoms with Gasteiger partial charge in [0.05, 0.1) is 33.4 Å². The first-order valence-electron chi connectivity index (χ1n) is 9.26. The Morgan fingerprint density at radius 1 is 0.964 bits per heavy atom. The Labute approximate surface area is 162 Å². The van der Waals surface area contributed by atoms with Gasteiger partial charge in [-0.05, 0) is 57.4 Å². The molecule has 0 spiro atoms. The molecule has 140 valence electrons. The average Bonchev–Trinajstić information content (AvgIpc) is 3.05. The molecular formula is C21H19BN2O4. The second kappa shape index (κ2) is 5.40. The zero-order valence-electron chi connectivity index (χ0n) is 16.1. The molecule has 28 heavy (non-hydrogen) atoms. The van der Waals surface area contributed by atoms with Crippen molar-refractivity contribution in [3.8, 4) is 5.69 Å². The highest BCUT2D eigenvalue weighted by molar-refractivity contribution is 6.62. The molecule has 0 N–H and O–H groups in total. The fourth-order valence-electron chi connectivity index (χ4n) is 3.69. The molecule has 3 heterocycles. The van der Waals surface area contributed by atoms with E-state index in [0.29, 0.717) is 22.2 Å². The van der Waals surface area contributed by atoms with Gasteiger partial charge in [-0.1, -0.05) is 18.2 Å². The van der Waals surface area contributed by atoms with E-state index in [4.69, 9.17) is 9.31 Å². The van der Waals surface area contributed by atoms with Gasteiger partial charge in [-0.3, -0.25) is 14.2 Å². The standard InChI is InChI=1S/C21H19BN2O4/c1-20(2)21(3,4)28-22(27-20)12-9-10-15-14(11-12)19(26)24-16-8-6-5-7-13(16)17(25)18(24)23-15/h5-11H,1-4H3. The van der Waals surface area contributed by atoms with Crippen LogP contribution in [0.25, 0.3) is 16.6 Å². The number of hydrogen-bond acceptors (Lipinski definition) is 5. The van der Waals surface area contributed by atoms with Crippen LogP contribution in [-0.4, -0.2) is 33.7 Å². The van der Waals surface area contributed by atoms with Gasteiger partial charge in [0.25, 0.3) is 5.56 Å². The summed E-state index contributed by atoms with van der Waals surface area (Å²) in [5, 5.41) is 0.431. The lowest BCUT2D eigenvalue weighted by atomic mass is 9.78. The van der Waals surface area contributed by atoms with Crippen LogP contribution >= 0.6 is 0 Å². The Morgan fingerprint density at radius 3 is 2.36 bits per heavy atom. The minimum Gasteiger partial charge on any atom is -0.399 e. The lowest BCUT2D eigenvalue weighted by Gasteiger charge is -2.32. The first-order chi connectivity index (χ1) is 13.2. The normalized spacial score (nSPS) is 19.1. The van der Waals surface area contributed by atoms with Crippen molar-refractivity contribution < 1.29 is 14.1 Å². The molecule has 0 aliphatic carbocycles. The zero-order valence-corrected chi connectivity index (χ0v) is 16.1. The van der Waals surface area contributed by atoms with Gasteiger partial charge in [0.2, 0.25) is 5.78 Å². The van der Waals surface area contributed by atoms with Gasteiger partial charge >= 0.3 is 7.12 Å². The predicted molar refractivity (Wildman–Crippen MR) is 106 cm³/mol. The molecule has 2 aliphatic heterocycles. The summed E-state index contributed by atoms with van der Waals surface area (Å²) in [6.07, 6.45) is 0. The number of fused-ring (bicyclic) bond motifs is 4. The summed E-state index contributed by atoms with van der Waals surface area (Å²) in [6.45, 7) is 7.94. The number of aromatic nitrogens is 2. The van der Waals surface area contributed by atoms with Crippen molar-refractivity contribution in [3.05, 3.63) is 64.2 Å². The van der Waals surface area contributed by atoms with Gasteiger partial charge < -0.3 is 9.31 Å². The third kappa shape index (κ3) is 2.20. The summed E-state index contributed by atoms with van der Waals surface area (Å²) < 4.78 is 13.6. The number of nitrogens with zero attached hydrogens (tertiary/aromatic N) is 2. The van der Waals surface area contributed by atoms with Crippen molar-refractivity contribution in [1.29, 1.82) is 0 Å². The lowest BCUT2D eigenvalue weighted by Crippen LogP contribution is -2.41. The fourth-order valence-corrected chi connectivity index (χ4v) is 3.69. The Hall–Kier alpha value is -2.77. The molecule has 1 fully saturated rings. The summed E-state index contributed by atoms with van der Waals surface area (Å²) in [5.41, 5.74) is 1.10. The second-order valence-corrected chi connectivity index (χ2v) is 8.29. The van der Waals surface area contributed by atoms with E-state index in [2.05, 4.69) is 4.98 Å². The largest absolute Gasteiger partial charge is 0.494 e. The van der Waals surface area contributed by atoms with E-state index in [9.17, 15) is 9.59 Å². The summed E-state index contributed by atoms with van der Waals surface area (Å²) in [6, 6.07) is 12.4. The first kappa shape index (κ1) is 17.3. The van der Waals surface area contributed by atoms with Crippen molar-refractivity contribution in [2.24, 2.45) is 0 Å². The van der Waals surface area contributed by atoms with Gasteiger partial charge in [-0.25, -0.2) is 4.98 Å². The van der Waals surface area contributed by atoms with E-state index in [0.717, 1.165) is 5.46 Å². The van der Waals surface area contributed by atoms with E-state index in [1.165, 1.54) is 4.57 Å². The molecular weight excluding hydrogens is 355 g/mol. The van der Waals surface area contributed by atoms with Gasteiger partial charge in [0.15, 0.2) is 5.82 Å². The maximum Gasteiger partial charge on any atom is 0.494 e. The SMILES string of the molecule is CC1(C)OB(c2ccc3nc4n(c(=O)c3c2)-c2ccccc2C4=O)OC1(C)C. The molecule has 2 aliphatic rings. The van der Waals surface area contributed by atoms with Crippen LogP contribution in [0.2, 0.25) is 0 Å². The van der Waals surface area contributed by atoms with E-state index in [1.807, 2.05) is 33.8 Å². The number of carbonyl (C=O) groups is 1. The smallest absolute Gasteiger partial charge is 0.399 e. The molecule has 0 bridgehead atoms. The van der Waals surface area contributed by atoms with Crippen LogP contribution in [0.15, 0.2) is 47.3 Å². The number of para-hydroxylation sites is 1. The number of ketones is 1. The first-order valence-corrected chi connectivity index (χ1v) is 9.26. The summed E-state index contributed by atoms with van der Waals surface area (Å²) in [7, 11) is -0.569. The Balaban J connectivity index is 1.68. The number of carbonyl (C=O) groups excluding carboxylic acids is 1. The third-order valence-electron chi connectivity index (χ3n) is 6.01. The van der Waals surface area contributed by atoms with Crippen LogP contribution in [0.3, 0.4) is 0 Å². The van der Waals surface area contributed by atoms with E-state index >= 15 is 0 Å². The second-order valence-electron chi connectivity index (χ2n) is 8.29. The van der Waals surface area contributed by atoms with Gasteiger partial charge in [0, 0.05) is 0 Å². The molecule has 6 nitrogen and oxygen atoms in total. The van der Waals surface area contributed by atoms with Gasteiger partial charge in [-0.2, -0.15) is 0 Å². The van der Waals surface area contributed by atoms with Crippen LogP contribution in [0.5, 0.6) is 0 Å². The predicted octanol–water partition coefficient (Wildman–Crippen LogP) is 2.23. The van der Waals surface area contributed by atoms with Crippen molar-refractivity contribution in [2.75, 3.05) is 0 Å². The molecule has 0 radical (unpaired) electrons. The van der Waals surface area contributed by atoms with Crippen LogP contribution in [0.1, 0.15) is 43.9 Å². The molecule has 3 aromatic rings. The third-order valence-corrected chi connectivity index (χ3v) is 6.01. The molecule has 1 aromatic heterocycles. The topological polar surface area (TPSA) is 70.4 Å². The van der Waals surface area contributed by atoms with Gasteiger partial charge in [-0.15, -0.1) is 0 Å². The number of hydrogen-bond donors (Lipinski definition) is 0. The molecule has 0 atom stereocenters. The Morgan fingerprint density at radius 2 is 1.64 bits per heavy atom. The molecule has 7 heteroatoms. The number of rotatable bonds is 1. The van der Waals surface area contributed by atoms with Crippen molar-refractivity contribution in [3.63, 3.8) is 0 Å². The average molecular weight is 374 g/mol. The van der Waals surface area contributed by atoms with Crippen LogP contribution < -0.4 is 11.0 Å². The lowest BCUT2D eigenvalue weighted by molar-refractivity contribution is 0.00578. The summed E-state index contributed by atoms with van der Waals surface area (Å²) in [5.74, 6) is -0.0771. The Bertz CT molecular complexity index is 1210. The molecule has 5 rings (SSSR count).